The number of ether oxygens (including phenoxy) is 1. The predicted molar refractivity (Wildman–Crippen MR) is 134 cm³/mol. The number of tetrazole rings is 2. The molecule has 2 heterocycles. The smallest absolute Gasteiger partial charge is 0.338 e. The lowest BCUT2D eigenvalue weighted by Crippen LogP contribution is -2.25. The molecule has 4 rings (SSSR count). The van der Waals surface area contributed by atoms with Gasteiger partial charge in [0.25, 0.3) is 5.91 Å². The van der Waals surface area contributed by atoms with E-state index in [1.54, 1.807) is 43.4 Å². The molecule has 2 aromatic heterocycles. The zero-order valence-corrected chi connectivity index (χ0v) is 21.9. The molecule has 0 saturated heterocycles. The summed E-state index contributed by atoms with van der Waals surface area (Å²) < 4.78 is 5.44. The number of benzene rings is 2. The molecule has 13 heteroatoms. The molecule has 0 radical (unpaired) electrons. The van der Waals surface area contributed by atoms with Crippen molar-refractivity contribution in [1.29, 1.82) is 0 Å². The number of hydroxylamine groups is 2. The second kappa shape index (κ2) is 11.3. The zero-order valence-electron chi connectivity index (χ0n) is 21.9. The van der Waals surface area contributed by atoms with Gasteiger partial charge in [0, 0.05) is 12.6 Å². The largest absolute Gasteiger partial charge is 0.456 e. The number of hydrogen-bond donors (Lipinski definition) is 0. The Morgan fingerprint density at radius 1 is 0.868 bits per heavy atom. The van der Waals surface area contributed by atoms with E-state index in [4.69, 9.17) is 9.57 Å². The van der Waals surface area contributed by atoms with Gasteiger partial charge in [0.1, 0.15) is 5.60 Å². The molecular formula is C25H29N9O4. The quantitative estimate of drug-likeness (QED) is 0.238. The van der Waals surface area contributed by atoms with Crippen molar-refractivity contribution in [2.24, 2.45) is 0 Å². The minimum absolute atomic E-state index is 0.245. The van der Waals surface area contributed by atoms with Gasteiger partial charge in [-0.3, -0.25) is 9.63 Å². The first-order valence-electron chi connectivity index (χ1n) is 11.9. The number of rotatable bonds is 9. The molecule has 0 aliphatic rings. The SMILES string of the molecule is CON(C)C(=O)c1cccc(Cn2nnc(Cc3nnn(Cc4cccc(C(=O)OC(C)(C)C)c4)n3)n2)c1. The van der Waals surface area contributed by atoms with Crippen molar-refractivity contribution in [3.63, 3.8) is 0 Å². The van der Waals surface area contributed by atoms with E-state index >= 15 is 0 Å². The maximum atomic E-state index is 12.4. The lowest BCUT2D eigenvalue weighted by atomic mass is 10.1. The van der Waals surface area contributed by atoms with Crippen LogP contribution < -0.4 is 0 Å². The Labute approximate surface area is 219 Å². The van der Waals surface area contributed by atoms with Crippen LogP contribution >= 0.6 is 0 Å². The van der Waals surface area contributed by atoms with E-state index in [1.165, 1.54) is 16.7 Å². The standard InChI is InChI=1S/C25H29N9O4/c1-25(2,3)38-24(36)20-11-7-9-18(13-20)16-34-29-22(27-31-34)14-21-26-30-33(28-21)15-17-8-6-10-19(12-17)23(35)32(4)37-5/h6-13H,14-16H2,1-5H3. The second-order valence-corrected chi connectivity index (χ2v) is 9.54. The van der Waals surface area contributed by atoms with Crippen LogP contribution in [-0.4, -0.2) is 77.1 Å². The summed E-state index contributed by atoms with van der Waals surface area (Å²) in [4.78, 5) is 32.5. The van der Waals surface area contributed by atoms with Crippen molar-refractivity contribution >= 4 is 11.9 Å². The van der Waals surface area contributed by atoms with Crippen molar-refractivity contribution in [1.82, 2.24) is 45.5 Å². The van der Waals surface area contributed by atoms with Gasteiger partial charge in [0.15, 0.2) is 11.6 Å². The van der Waals surface area contributed by atoms with Crippen LogP contribution in [0.5, 0.6) is 0 Å². The van der Waals surface area contributed by atoms with Crippen LogP contribution in [0.3, 0.4) is 0 Å². The normalized spacial score (nSPS) is 11.4. The summed E-state index contributed by atoms with van der Waals surface area (Å²) in [5.74, 6) is 0.222. The van der Waals surface area contributed by atoms with Gasteiger partial charge < -0.3 is 4.74 Å². The lowest BCUT2D eigenvalue weighted by molar-refractivity contribution is -0.0757. The van der Waals surface area contributed by atoms with E-state index in [9.17, 15) is 9.59 Å². The molecule has 0 fully saturated rings. The number of carbonyl (C=O) groups excluding carboxylic acids is 2. The maximum Gasteiger partial charge on any atom is 0.338 e. The second-order valence-electron chi connectivity index (χ2n) is 9.54. The first-order valence-corrected chi connectivity index (χ1v) is 11.9. The van der Waals surface area contributed by atoms with Gasteiger partial charge in [-0.25, -0.2) is 9.86 Å². The summed E-state index contributed by atoms with van der Waals surface area (Å²) in [6, 6.07) is 14.2. The molecule has 0 N–H and O–H groups in total. The Morgan fingerprint density at radius 3 is 1.92 bits per heavy atom. The van der Waals surface area contributed by atoms with Gasteiger partial charge in [-0.2, -0.15) is 9.59 Å². The molecular weight excluding hydrogens is 490 g/mol. The zero-order chi connectivity index (χ0) is 27.3. The summed E-state index contributed by atoms with van der Waals surface area (Å²) in [5, 5.41) is 26.3. The molecule has 0 aliphatic heterocycles. The molecule has 38 heavy (non-hydrogen) atoms. The van der Waals surface area contributed by atoms with Crippen LogP contribution in [0.15, 0.2) is 48.5 Å². The number of nitrogens with zero attached hydrogens (tertiary/aromatic N) is 9. The van der Waals surface area contributed by atoms with Gasteiger partial charge in [-0.15, -0.1) is 20.4 Å². The molecule has 0 aliphatic carbocycles. The van der Waals surface area contributed by atoms with E-state index in [0.717, 1.165) is 16.2 Å². The summed E-state index contributed by atoms with van der Waals surface area (Å²) in [6.07, 6.45) is 0.245. The molecule has 13 nitrogen and oxygen atoms in total. The van der Waals surface area contributed by atoms with E-state index in [2.05, 4.69) is 30.8 Å². The molecule has 0 saturated carbocycles. The van der Waals surface area contributed by atoms with E-state index in [1.807, 2.05) is 32.9 Å². The first-order chi connectivity index (χ1) is 18.1. The highest BCUT2D eigenvalue weighted by Gasteiger charge is 2.18. The van der Waals surface area contributed by atoms with Crippen LogP contribution in [0.25, 0.3) is 0 Å². The third kappa shape index (κ3) is 7.03. The Kier molecular flexibility index (Phi) is 7.86. The third-order valence-corrected chi connectivity index (χ3v) is 5.25. The summed E-state index contributed by atoms with van der Waals surface area (Å²) >= 11 is 0. The van der Waals surface area contributed by atoms with Crippen LogP contribution in [0.1, 0.15) is 64.3 Å². The number of carbonyl (C=O) groups is 2. The summed E-state index contributed by atoms with van der Waals surface area (Å²) in [7, 11) is 2.98. The maximum absolute atomic E-state index is 12.4. The fourth-order valence-corrected chi connectivity index (χ4v) is 3.50. The Hall–Kier alpha value is -4.52. The fraction of sp³-hybridized carbons (Fsp3) is 0.360. The Bertz CT molecular complexity index is 1420. The molecule has 0 atom stereocenters. The van der Waals surface area contributed by atoms with Crippen LogP contribution in [-0.2, 0) is 29.1 Å². The Morgan fingerprint density at radius 2 is 1.39 bits per heavy atom. The van der Waals surface area contributed by atoms with E-state index in [-0.39, 0.29) is 18.3 Å². The minimum atomic E-state index is -0.574. The molecule has 0 unspecified atom stereocenters. The highest BCUT2D eigenvalue weighted by Crippen LogP contribution is 2.14. The van der Waals surface area contributed by atoms with Crippen LogP contribution in [0.2, 0.25) is 0 Å². The van der Waals surface area contributed by atoms with Crippen molar-refractivity contribution in [2.75, 3.05) is 14.2 Å². The average Bonchev–Trinajstić information content (AvgIpc) is 3.51. The number of amides is 1. The fourth-order valence-electron chi connectivity index (χ4n) is 3.50. The molecule has 0 spiro atoms. The van der Waals surface area contributed by atoms with Crippen molar-refractivity contribution in [2.45, 2.75) is 45.9 Å². The molecule has 1 amide bonds. The van der Waals surface area contributed by atoms with Gasteiger partial charge in [0.05, 0.1) is 32.2 Å². The van der Waals surface area contributed by atoms with Gasteiger partial charge in [-0.05, 0) is 66.6 Å². The number of esters is 1. The monoisotopic (exact) mass is 519 g/mol. The van der Waals surface area contributed by atoms with Gasteiger partial charge >= 0.3 is 5.97 Å². The Balaban J connectivity index is 1.37. The van der Waals surface area contributed by atoms with Crippen molar-refractivity contribution < 1.29 is 19.2 Å². The highest BCUT2D eigenvalue weighted by atomic mass is 16.7. The van der Waals surface area contributed by atoms with Gasteiger partial charge in [-0.1, -0.05) is 24.3 Å². The summed E-state index contributed by atoms with van der Waals surface area (Å²) in [5.41, 5.74) is 2.04. The molecule has 198 valence electrons. The minimum Gasteiger partial charge on any atom is -0.456 e. The summed E-state index contributed by atoms with van der Waals surface area (Å²) in [6.45, 7) is 6.14. The number of aromatic nitrogens is 8. The third-order valence-electron chi connectivity index (χ3n) is 5.25. The van der Waals surface area contributed by atoms with Crippen molar-refractivity contribution in [3.8, 4) is 0 Å². The van der Waals surface area contributed by atoms with E-state index in [0.29, 0.717) is 35.9 Å². The molecule has 2 aromatic carbocycles. The molecule has 4 aromatic rings. The van der Waals surface area contributed by atoms with Crippen LogP contribution in [0.4, 0.5) is 0 Å². The first kappa shape index (κ1) is 26.5. The average molecular weight is 520 g/mol. The highest BCUT2D eigenvalue weighted by molar-refractivity contribution is 5.93. The van der Waals surface area contributed by atoms with Gasteiger partial charge in [0.2, 0.25) is 0 Å². The number of hydrogen-bond acceptors (Lipinski definition) is 10. The molecule has 0 bridgehead atoms. The lowest BCUT2D eigenvalue weighted by Gasteiger charge is -2.19. The predicted octanol–water partition coefficient (Wildman–Crippen LogP) is 1.94. The van der Waals surface area contributed by atoms with Crippen molar-refractivity contribution in [3.05, 3.63) is 82.4 Å². The van der Waals surface area contributed by atoms with Crippen LogP contribution in [0, 0.1) is 0 Å². The topological polar surface area (TPSA) is 143 Å². The van der Waals surface area contributed by atoms with E-state index < -0.39 is 5.60 Å².